The van der Waals surface area contributed by atoms with E-state index in [4.69, 9.17) is 22.6 Å². The SMILES string of the molecule is N#Cc1ncccc1CS(=O)c1ccc(Cl)cc1N. The Hall–Kier alpha value is -1.90. The van der Waals surface area contributed by atoms with Crippen molar-refractivity contribution in [3.63, 3.8) is 0 Å². The highest BCUT2D eigenvalue weighted by Gasteiger charge is 2.12. The van der Waals surface area contributed by atoms with E-state index in [1.54, 1.807) is 30.3 Å². The lowest BCUT2D eigenvalue weighted by Gasteiger charge is -2.07. The summed E-state index contributed by atoms with van der Waals surface area (Å²) in [5.74, 6) is 0.197. The Balaban J connectivity index is 2.29. The standard InChI is InChI=1S/C13H10ClN3OS/c14-10-3-4-13(11(16)6-10)19(18)8-9-2-1-5-17-12(9)7-15/h1-6H,8,16H2. The van der Waals surface area contributed by atoms with Crippen molar-refractivity contribution in [2.75, 3.05) is 5.73 Å². The van der Waals surface area contributed by atoms with Crippen molar-refractivity contribution in [1.29, 1.82) is 5.26 Å². The second-order valence-corrected chi connectivity index (χ2v) is 5.65. The average molecular weight is 292 g/mol. The van der Waals surface area contributed by atoms with Gasteiger partial charge in [0, 0.05) is 22.5 Å². The van der Waals surface area contributed by atoms with Crippen LogP contribution in [-0.2, 0) is 16.6 Å². The van der Waals surface area contributed by atoms with Crippen LogP contribution in [0.3, 0.4) is 0 Å². The fourth-order valence-corrected chi connectivity index (χ4v) is 2.99. The number of aromatic nitrogens is 1. The largest absolute Gasteiger partial charge is 0.398 e. The third-order valence-electron chi connectivity index (χ3n) is 2.50. The molecule has 96 valence electrons. The Labute approximate surface area is 118 Å². The first-order chi connectivity index (χ1) is 9.11. The maximum Gasteiger partial charge on any atom is 0.144 e. The van der Waals surface area contributed by atoms with Gasteiger partial charge in [-0.05, 0) is 24.3 Å². The molecule has 6 heteroatoms. The molecule has 0 aliphatic carbocycles. The van der Waals surface area contributed by atoms with E-state index in [-0.39, 0.29) is 11.4 Å². The first kappa shape index (κ1) is 13.5. The van der Waals surface area contributed by atoms with Gasteiger partial charge in [-0.25, -0.2) is 4.98 Å². The lowest BCUT2D eigenvalue weighted by Crippen LogP contribution is -2.03. The van der Waals surface area contributed by atoms with Gasteiger partial charge in [0.1, 0.15) is 11.8 Å². The van der Waals surface area contributed by atoms with Gasteiger partial charge in [-0.2, -0.15) is 5.26 Å². The van der Waals surface area contributed by atoms with Crippen molar-refractivity contribution in [3.8, 4) is 6.07 Å². The Kier molecular flexibility index (Phi) is 4.15. The topological polar surface area (TPSA) is 79.8 Å². The molecule has 2 aromatic rings. The number of anilines is 1. The van der Waals surface area contributed by atoms with E-state index in [2.05, 4.69) is 4.98 Å². The molecule has 0 saturated heterocycles. The highest BCUT2D eigenvalue weighted by atomic mass is 35.5. The van der Waals surface area contributed by atoms with Crippen LogP contribution in [0.5, 0.6) is 0 Å². The number of hydrogen-bond donors (Lipinski definition) is 1. The van der Waals surface area contributed by atoms with Crippen molar-refractivity contribution in [2.45, 2.75) is 10.6 Å². The first-order valence-corrected chi connectivity index (χ1v) is 7.09. The summed E-state index contributed by atoms with van der Waals surface area (Å²) in [7, 11) is -1.34. The van der Waals surface area contributed by atoms with Gasteiger partial charge in [-0.3, -0.25) is 4.21 Å². The zero-order chi connectivity index (χ0) is 13.8. The van der Waals surface area contributed by atoms with Crippen LogP contribution < -0.4 is 5.73 Å². The van der Waals surface area contributed by atoms with E-state index in [9.17, 15) is 4.21 Å². The molecular formula is C13H10ClN3OS. The summed E-state index contributed by atoms with van der Waals surface area (Å²) in [5, 5.41) is 9.44. The van der Waals surface area contributed by atoms with E-state index in [1.165, 1.54) is 6.20 Å². The Morgan fingerprint density at radius 3 is 2.89 bits per heavy atom. The summed E-state index contributed by atoms with van der Waals surface area (Å²) >= 11 is 5.80. The second-order valence-electron chi connectivity index (χ2n) is 3.79. The molecule has 0 radical (unpaired) electrons. The van der Waals surface area contributed by atoms with Gasteiger partial charge >= 0.3 is 0 Å². The Morgan fingerprint density at radius 1 is 1.42 bits per heavy atom. The van der Waals surface area contributed by atoms with Crippen LogP contribution in [0.25, 0.3) is 0 Å². The average Bonchev–Trinajstić information content (AvgIpc) is 2.39. The van der Waals surface area contributed by atoms with Crippen LogP contribution in [0.1, 0.15) is 11.3 Å². The molecule has 1 heterocycles. The molecule has 1 unspecified atom stereocenters. The number of pyridine rings is 1. The van der Waals surface area contributed by atoms with Crippen molar-refractivity contribution >= 4 is 28.1 Å². The molecule has 4 nitrogen and oxygen atoms in total. The van der Waals surface area contributed by atoms with Crippen LogP contribution in [-0.4, -0.2) is 9.19 Å². The molecule has 0 fully saturated rings. The van der Waals surface area contributed by atoms with E-state index < -0.39 is 10.8 Å². The minimum atomic E-state index is -1.34. The van der Waals surface area contributed by atoms with Crippen LogP contribution in [0, 0.1) is 11.3 Å². The maximum atomic E-state index is 12.3. The lowest BCUT2D eigenvalue weighted by molar-refractivity contribution is 0.683. The number of nitriles is 1. The highest BCUT2D eigenvalue weighted by Crippen LogP contribution is 2.23. The molecule has 19 heavy (non-hydrogen) atoms. The summed E-state index contributed by atoms with van der Waals surface area (Å²) in [4.78, 5) is 4.44. The quantitative estimate of drug-likeness (QED) is 0.881. The zero-order valence-corrected chi connectivity index (χ0v) is 11.4. The van der Waals surface area contributed by atoms with Crippen LogP contribution in [0.2, 0.25) is 5.02 Å². The van der Waals surface area contributed by atoms with Crippen molar-refractivity contribution in [1.82, 2.24) is 4.98 Å². The smallest absolute Gasteiger partial charge is 0.144 e. The van der Waals surface area contributed by atoms with Gasteiger partial charge in [0.25, 0.3) is 0 Å². The third-order valence-corrected chi connectivity index (χ3v) is 4.17. The minimum Gasteiger partial charge on any atom is -0.398 e. The van der Waals surface area contributed by atoms with Gasteiger partial charge in [-0.15, -0.1) is 0 Å². The predicted molar refractivity (Wildman–Crippen MR) is 74.9 cm³/mol. The third kappa shape index (κ3) is 3.11. The summed E-state index contributed by atoms with van der Waals surface area (Å²) in [6, 6.07) is 10.2. The van der Waals surface area contributed by atoms with E-state index in [0.29, 0.717) is 21.2 Å². The molecule has 2 N–H and O–H groups in total. The minimum absolute atomic E-state index is 0.197. The van der Waals surface area contributed by atoms with Gasteiger partial charge < -0.3 is 5.73 Å². The molecule has 1 atom stereocenters. The highest BCUT2D eigenvalue weighted by molar-refractivity contribution is 7.84. The number of rotatable bonds is 3. The number of benzene rings is 1. The van der Waals surface area contributed by atoms with Gasteiger partial charge in [0.2, 0.25) is 0 Å². The fourth-order valence-electron chi connectivity index (χ4n) is 1.60. The normalized spacial score (nSPS) is 11.8. The van der Waals surface area contributed by atoms with Gasteiger partial charge in [0.05, 0.1) is 21.4 Å². The zero-order valence-electron chi connectivity index (χ0n) is 9.84. The summed E-state index contributed by atoms with van der Waals surface area (Å²) in [5.41, 5.74) is 7.09. The summed E-state index contributed by atoms with van der Waals surface area (Å²) in [6.07, 6.45) is 1.53. The number of hydrogen-bond acceptors (Lipinski definition) is 4. The van der Waals surface area contributed by atoms with Crippen LogP contribution in [0.15, 0.2) is 41.4 Å². The van der Waals surface area contributed by atoms with Crippen LogP contribution in [0.4, 0.5) is 5.69 Å². The Bertz CT molecular complexity index is 682. The van der Waals surface area contributed by atoms with Crippen molar-refractivity contribution in [3.05, 3.63) is 52.8 Å². The van der Waals surface area contributed by atoms with Crippen molar-refractivity contribution < 1.29 is 4.21 Å². The Morgan fingerprint density at radius 2 is 2.21 bits per heavy atom. The van der Waals surface area contributed by atoms with Crippen LogP contribution >= 0.6 is 11.6 Å². The molecule has 0 saturated carbocycles. The molecule has 1 aromatic heterocycles. The molecule has 0 bridgehead atoms. The predicted octanol–water partition coefficient (Wildman–Crippen LogP) is 2.50. The molecule has 0 amide bonds. The molecule has 0 aliphatic rings. The maximum absolute atomic E-state index is 12.3. The second kappa shape index (κ2) is 5.83. The number of halogens is 1. The molecule has 1 aromatic carbocycles. The fraction of sp³-hybridized carbons (Fsp3) is 0.0769. The van der Waals surface area contributed by atoms with E-state index in [0.717, 1.165) is 0 Å². The number of nitrogens with two attached hydrogens (primary N) is 1. The molecular weight excluding hydrogens is 282 g/mol. The molecule has 0 aliphatic heterocycles. The lowest BCUT2D eigenvalue weighted by atomic mass is 10.2. The molecule has 2 rings (SSSR count). The van der Waals surface area contributed by atoms with Gasteiger partial charge in [0.15, 0.2) is 0 Å². The molecule has 0 spiro atoms. The number of nitrogens with zero attached hydrogens (tertiary/aromatic N) is 2. The van der Waals surface area contributed by atoms with E-state index >= 15 is 0 Å². The summed E-state index contributed by atoms with van der Waals surface area (Å²) < 4.78 is 12.3. The van der Waals surface area contributed by atoms with Crippen molar-refractivity contribution in [2.24, 2.45) is 0 Å². The van der Waals surface area contributed by atoms with E-state index in [1.807, 2.05) is 6.07 Å². The first-order valence-electron chi connectivity index (χ1n) is 5.39. The summed E-state index contributed by atoms with van der Waals surface area (Å²) in [6.45, 7) is 0. The monoisotopic (exact) mass is 291 g/mol. The number of nitrogen functional groups attached to an aromatic ring is 1. The van der Waals surface area contributed by atoms with Gasteiger partial charge in [-0.1, -0.05) is 17.7 Å².